The largest absolute Gasteiger partial charge is 0.417 e. The number of aromatic nitrogens is 4. The van der Waals surface area contributed by atoms with E-state index in [1.165, 1.54) is 18.5 Å². The SMILES string of the molecule is COCCNc1ncnc2c1cnn2CCNC(=O)c1ccccc1C(F)(F)F. The number of hydrogen-bond donors (Lipinski definition) is 2. The van der Waals surface area contributed by atoms with E-state index < -0.39 is 23.2 Å². The maximum Gasteiger partial charge on any atom is 0.417 e. The van der Waals surface area contributed by atoms with Crippen LogP contribution in [0.2, 0.25) is 0 Å². The average molecular weight is 408 g/mol. The van der Waals surface area contributed by atoms with Crippen LogP contribution < -0.4 is 10.6 Å². The molecule has 0 atom stereocenters. The summed E-state index contributed by atoms with van der Waals surface area (Å²) in [5.41, 5.74) is -0.844. The second-order valence-electron chi connectivity index (χ2n) is 6.05. The van der Waals surface area contributed by atoms with Crippen LogP contribution in [0.1, 0.15) is 15.9 Å². The molecule has 0 bridgehead atoms. The summed E-state index contributed by atoms with van der Waals surface area (Å²) in [4.78, 5) is 20.6. The highest BCUT2D eigenvalue weighted by Gasteiger charge is 2.34. The number of fused-ring (bicyclic) bond motifs is 1. The molecule has 1 aromatic carbocycles. The highest BCUT2D eigenvalue weighted by Crippen LogP contribution is 2.31. The number of nitrogens with one attached hydrogen (secondary N) is 2. The first-order valence-electron chi connectivity index (χ1n) is 8.75. The van der Waals surface area contributed by atoms with Gasteiger partial charge < -0.3 is 15.4 Å². The summed E-state index contributed by atoms with van der Waals surface area (Å²) in [6, 6.07) is 4.66. The van der Waals surface area contributed by atoms with E-state index in [9.17, 15) is 18.0 Å². The zero-order valence-electron chi connectivity index (χ0n) is 15.5. The molecule has 0 unspecified atom stereocenters. The fourth-order valence-corrected chi connectivity index (χ4v) is 2.77. The van der Waals surface area contributed by atoms with Crippen LogP contribution in [0, 0.1) is 0 Å². The number of carbonyl (C=O) groups excluding carboxylic acids is 1. The lowest BCUT2D eigenvalue weighted by Crippen LogP contribution is -2.29. The van der Waals surface area contributed by atoms with Crippen molar-refractivity contribution < 1.29 is 22.7 Å². The lowest BCUT2D eigenvalue weighted by atomic mass is 10.1. The fraction of sp³-hybridized carbons (Fsp3) is 0.333. The molecule has 2 N–H and O–H groups in total. The lowest BCUT2D eigenvalue weighted by molar-refractivity contribution is -0.137. The maximum absolute atomic E-state index is 13.1. The molecular formula is C18H19F3N6O2. The van der Waals surface area contributed by atoms with E-state index >= 15 is 0 Å². The molecule has 0 saturated carbocycles. The summed E-state index contributed by atoms with van der Waals surface area (Å²) in [6.45, 7) is 1.38. The van der Waals surface area contributed by atoms with Crippen molar-refractivity contribution in [1.82, 2.24) is 25.1 Å². The van der Waals surface area contributed by atoms with Crippen LogP contribution in [0.5, 0.6) is 0 Å². The number of anilines is 1. The van der Waals surface area contributed by atoms with Crippen molar-refractivity contribution >= 4 is 22.8 Å². The van der Waals surface area contributed by atoms with Gasteiger partial charge in [0.2, 0.25) is 0 Å². The smallest absolute Gasteiger partial charge is 0.383 e. The van der Waals surface area contributed by atoms with Gasteiger partial charge in [-0.05, 0) is 12.1 Å². The Balaban J connectivity index is 1.66. The number of ether oxygens (including phenoxy) is 1. The summed E-state index contributed by atoms with van der Waals surface area (Å²) in [5.74, 6) is -0.202. The van der Waals surface area contributed by atoms with E-state index in [2.05, 4.69) is 25.7 Å². The van der Waals surface area contributed by atoms with E-state index in [1.54, 1.807) is 18.0 Å². The van der Waals surface area contributed by atoms with Crippen LogP contribution in [0.4, 0.5) is 19.0 Å². The van der Waals surface area contributed by atoms with Gasteiger partial charge in [0.25, 0.3) is 5.91 Å². The Kier molecular flexibility index (Phi) is 6.27. The van der Waals surface area contributed by atoms with E-state index in [4.69, 9.17) is 4.74 Å². The molecule has 0 fully saturated rings. The molecule has 0 aliphatic heterocycles. The minimum atomic E-state index is -4.60. The minimum Gasteiger partial charge on any atom is -0.383 e. The molecule has 3 rings (SSSR count). The quantitative estimate of drug-likeness (QED) is 0.556. The number of nitrogens with zero attached hydrogens (tertiary/aromatic N) is 4. The van der Waals surface area contributed by atoms with Gasteiger partial charge >= 0.3 is 6.18 Å². The molecule has 0 aliphatic carbocycles. The van der Waals surface area contributed by atoms with Gasteiger partial charge in [-0.1, -0.05) is 12.1 Å². The minimum absolute atomic E-state index is 0.0816. The van der Waals surface area contributed by atoms with Gasteiger partial charge in [0.05, 0.1) is 35.9 Å². The highest BCUT2D eigenvalue weighted by molar-refractivity contribution is 5.95. The third-order valence-electron chi connectivity index (χ3n) is 4.12. The Morgan fingerprint density at radius 3 is 2.76 bits per heavy atom. The molecular weight excluding hydrogens is 389 g/mol. The molecule has 2 aromatic heterocycles. The molecule has 3 aromatic rings. The van der Waals surface area contributed by atoms with Gasteiger partial charge in [0, 0.05) is 20.2 Å². The molecule has 0 spiro atoms. The predicted octanol–water partition coefficient (Wildman–Crippen LogP) is 2.33. The van der Waals surface area contributed by atoms with Crippen LogP contribution in [0.25, 0.3) is 11.0 Å². The van der Waals surface area contributed by atoms with E-state index in [0.29, 0.717) is 30.0 Å². The second kappa shape index (κ2) is 8.86. The second-order valence-corrected chi connectivity index (χ2v) is 6.05. The topological polar surface area (TPSA) is 94.0 Å². The highest BCUT2D eigenvalue weighted by atomic mass is 19.4. The first-order chi connectivity index (χ1) is 13.9. The van der Waals surface area contributed by atoms with Crippen molar-refractivity contribution in [2.24, 2.45) is 0 Å². The van der Waals surface area contributed by atoms with Crippen molar-refractivity contribution in [1.29, 1.82) is 0 Å². The molecule has 8 nitrogen and oxygen atoms in total. The van der Waals surface area contributed by atoms with Crippen LogP contribution in [-0.4, -0.2) is 52.5 Å². The number of hydrogen-bond acceptors (Lipinski definition) is 6. The number of alkyl halides is 3. The molecule has 29 heavy (non-hydrogen) atoms. The number of rotatable bonds is 8. The first-order valence-corrected chi connectivity index (χ1v) is 8.75. The number of halogens is 3. The van der Waals surface area contributed by atoms with Crippen LogP contribution >= 0.6 is 0 Å². The summed E-state index contributed by atoms with van der Waals surface area (Å²) < 4.78 is 45.7. The summed E-state index contributed by atoms with van der Waals surface area (Å²) in [7, 11) is 1.59. The predicted molar refractivity (Wildman–Crippen MR) is 99.5 cm³/mol. The van der Waals surface area contributed by atoms with Gasteiger partial charge in [-0.3, -0.25) is 4.79 Å². The van der Waals surface area contributed by atoms with Crippen LogP contribution in [0.3, 0.4) is 0 Å². The Bertz CT molecular complexity index is 989. The molecule has 2 heterocycles. The van der Waals surface area contributed by atoms with Crippen molar-refractivity contribution in [3.63, 3.8) is 0 Å². The maximum atomic E-state index is 13.1. The van der Waals surface area contributed by atoms with Crippen LogP contribution in [0.15, 0.2) is 36.8 Å². The fourth-order valence-electron chi connectivity index (χ4n) is 2.77. The third kappa shape index (κ3) is 4.80. The van der Waals surface area contributed by atoms with E-state index in [1.807, 2.05) is 0 Å². The molecule has 11 heteroatoms. The summed E-state index contributed by atoms with van der Waals surface area (Å²) in [5, 5.41) is 10.5. The van der Waals surface area contributed by atoms with Gasteiger partial charge in [-0.25, -0.2) is 14.6 Å². The third-order valence-corrected chi connectivity index (χ3v) is 4.12. The van der Waals surface area contributed by atoms with Gasteiger partial charge in [0.1, 0.15) is 12.1 Å². The van der Waals surface area contributed by atoms with Gasteiger partial charge in [-0.15, -0.1) is 0 Å². The molecule has 0 aliphatic rings. The van der Waals surface area contributed by atoms with E-state index in [0.717, 1.165) is 12.1 Å². The van der Waals surface area contributed by atoms with Gasteiger partial charge in [-0.2, -0.15) is 18.3 Å². The monoisotopic (exact) mass is 408 g/mol. The standard InChI is InChI=1S/C18H19F3N6O2/c1-29-9-7-22-15-13-10-26-27(16(13)25-11-24-15)8-6-23-17(28)12-4-2-3-5-14(12)18(19,20)21/h2-5,10-11H,6-9H2,1H3,(H,23,28)(H,22,24,25). The summed E-state index contributed by atoms with van der Waals surface area (Å²) in [6.07, 6.45) is -1.63. The van der Waals surface area contributed by atoms with Crippen molar-refractivity contribution in [3.8, 4) is 0 Å². The molecule has 0 radical (unpaired) electrons. The van der Waals surface area contributed by atoms with Gasteiger partial charge in [0.15, 0.2) is 5.65 Å². The Hall–Kier alpha value is -3.21. The molecule has 0 saturated heterocycles. The van der Waals surface area contributed by atoms with Crippen molar-refractivity contribution in [2.45, 2.75) is 12.7 Å². The number of benzene rings is 1. The Labute approximate surface area is 164 Å². The lowest BCUT2D eigenvalue weighted by Gasteiger charge is -2.12. The number of carbonyl (C=O) groups is 1. The number of amides is 1. The molecule has 154 valence electrons. The number of methoxy groups -OCH3 is 1. The molecule has 1 amide bonds. The zero-order valence-corrected chi connectivity index (χ0v) is 15.5. The average Bonchev–Trinajstić information content (AvgIpc) is 3.11. The van der Waals surface area contributed by atoms with Crippen molar-refractivity contribution in [2.75, 3.05) is 32.1 Å². The zero-order chi connectivity index (χ0) is 20.9. The Morgan fingerprint density at radius 1 is 1.21 bits per heavy atom. The summed E-state index contributed by atoms with van der Waals surface area (Å²) >= 11 is 0. The normalized spacial score (nSPS) is 11.6. The Morgan fingerprint density at radius 2 is 2.00 bits per heavy atom. The van der Waals surface area contributed by atoms with Crippen molar-refractivity contribution in [3.05, 3.63) is 47.9 Å². The van der Waals surface area contributed by atoms with E-state index in [-0.39, 0.29) is 13.1 Å². The first kappa shape index (κ1) is 20.5. The van der Waals surface area contributed by atoms with Crippen LogP contribution in [-0.2, 0) is 17.5 Å².